The van der Waals surface area contributed by atoms with Gasteiger partial charge in [0, 0.05) is 25.0 Å². The fourth-order valence-electron chi connectivity index (χ4n) is 2.19. The quantitative estimate of drug-likeness (QED) is 0.886. The lowest BCUT2D eigenvalue weighted by atomic mass is 10.1. The third kappa shape index (κ3) is 3.83. The summed E-state index contributed by atoms with van der Waals surface area (Å²) >= 11 is 0. The Bertz CT molecular complexity index is 548. The first-order valence-corrected chi connectivity index (χ1v) is 7.23. The van der Waals surface area contributed by atoms with Crippen molar-refractivity contribution in [1.29, 1.82) is 0 Å². The number of benzene rings is 1. The maximum Gasteiger partial charge on any atom is 0.204 e. The number of nitrogens with zero attached hydrogens (tertiary/aromatic N) is 3. The van der Waals surface area contributed by atoms with E-state index < -0.39 is 0 Å². The fraction of sp³-hybridized carbons (Fsp3) is 0.438. The lowest BCUT2D eigenvalue weighted by Gasteiger charge is -2.33. The minimum absolute atomic E-state index is 0.143. The smallest absolute Gasteiger partial charge is 0.204 e. The summed E-state index contributed by atoms with van der Waals surface area (Å²) < 4.78 is 0. The van der Waals surface area contributed by atoms with Crippen LogP contribution in [0.5, 0.6) is 0 Å². The van der Waals surface area contributed by atoms with E-state index in [2.05, 4.69) is 60.2 Å². The van der Waals surface area contributed by atoms with E-state index in [9.17, 15) is 0 Å². The van der Waals surface area contributed by atoms with E-state index in [1.54, 1.807) is 6.20 Å². The van der Waals surface area contributed by atoms with Gasteiger partial charge < -0.3 is 20.9 Å². The second-order valence-electron chi connectivity index (χ2n) is 5.65. The molecule has 114 valence electrons. The summed E-state index contributed by atoms with van der Waals surface area (Å²) in [5, 5.41) is 3.42. The number of anilines is 1. The number of guanidine groups is 1. The second kappa shape index (κ2) is 6.74. The Morgan fingerprint density at radius 2 is 2.10 bits per heavy atom. The van der Waals surface area contributed by atoms with Crippen molar-refractivity contribution in [2.75, 3.05) is 32.5 Å². The lowest BCUT2D eigenvalue weighted by Crippen LogP contribution is -2.51. The molecule has 0 bridgehead atoms. The predicted molar refractivity (Wildman–Crippen MR) is 89.3 cm³/mol. The summed E-state index contributed by atoms with van der Waals surface area (Å²) in [6, 6.07) is 6.23. The van der Waals surface area contributed by atoms with Crippen molar-refractivity contribution >= 4 is 11.6 Å². The molecule has 1 atom stereocenters. The van der Waals surface area contributed by atoms with Crippen LogP contribution < -0.4 is 11.1 Å². The Morgan fingerprint density at radius 1 is 1.33 bits per heavy atom. The van der Waals surface area contributed by atoms with E-state index in [1.807, 2.05) is 12.1 Å². The van der Waals surface area contributed by atoms with E-state index in [4.69, 9.17) is 5.73 Å². The van der Waals surface area contributed by atoms with Gasteiger partial charge in [-0.3, -0.25) is 0 Å². The van der Waals surface area contributed by atoms with E-state index in [1.165, 1.54) is 11.1 Å². The Hall–Kier alpha value is -1.85. The van der Waals surface area contributed by atoms with E-state index in [0.717, 1.165) is 24.7 Å². The number of rotatable bonds is 4. The molecular formula is C16H25N5. The number of hydrogen-bond donors (Lipinski definition) is 2. The fourth-order valence-corrected chi connectivity index (χ4v) is 2.19. The molecular weight excluding hydrogens is 262 g/mol. The largest absolute Gasteiger partial charge is 0.326 e. The number of nitrogens with one attached hydrogen (secondary N) is 1. The van der Waals surface area contributed by atoms with Gasteiger partial charge in [0.25, 0.3) is 0 Å². The Labute approximate surface area is 127 Å². The molecule has 21 heavy (non-hydrogen) atoms. The van der Waals surface area contributed by atoms with Gasteiger partial charge in [-0.2, -0.15) is 0 Å². The minimum Gasteiger partial charge on any atom is -0.326 e. The minimum atomic E-state index is -0.143. The van der Waals surface area contributed by atoms with Gasteiger partial charge in [0.1, 0.15) is 6.17 Å². The molecule has 1 heterocycles. The first-order chi connectivity index (χ1) is 9.99. The average Bonchev–Trinajstić information content (AvgIpc) is 2.43. The molecule has 0 amide bonds. The van der Waals surface area contributed by atoms with Crippen LogP contribution in [0.1, 0.15) is 11.1 Å². The van der Waals surface area contributed by atoms with Crippen molar-refractivity contribution in [3.8, 4) is 0 Å². The molecule has 1 unspecified atom stereocenters. The van der Waals surface area contributed by atoms with Gasteiger partial charge in [0.05, 0.1) is 0 Å². The van der Waals surface area contributed by atoms with Crippen LogP contribution in [0.15, 0.2) is 35.5 Å². The summed E-state index contributed by atoms with van der Waals surface area (Å²) in [5.74, 6) is 0.806. The van der Waals surface area contributed by atoms with Gasteiger partial charge in [-0.1, -0.05) is 12.1 Å². The van der Waals surface area contributed by atoms with E-state index in [-0.39, 0.29) is 6.17 Å². The molecule has 0 spiro atoms. The number of hydrogen-bond acceptors (Lipinski definition) is 5. The van der Waals surface area contributed by atoms with Crippen LogP contribution in [-0.4, -0.2) is 49.1 Å². The van der Waals surface area contributed by atoms with E-state index in [0.29, 0.717) is 0 Å². The highest BCUT2D eigenvalue weighted by atomic mass is 15.4. The normalized spacial score (nSPS) is 18.1. The molecule has 0 radical (unpaired) electrons. The number of nitrogens with two attached hydrogens (primary N) is 1. The van der Waals surface area contributed by atoms with Crippen LogP contribution in [0.2, 0.25) is 0 Å². The summed E-state index contributed by atoms with van der Waals surface area (Å²) in [6.07, 6.45) is 3.53. The van der Waals surface area contributed by atoms with Crippen LogP contribution in [-0.2, 0) is 0 Å². The monoisotopic (exact) mass is 287 g/mol. The average molecular weight is 287 g/mol. The zero-order valence-electron chi connectivity index (χ0n) is 13.3. The standard InChI is InChI=1S/C16H25N5/c1-12-6-5-7-14(13(12)2)19-16-18-9-8-15(17)21(16)11-10-20(3)4/h5-9,15H,10-11,17H2,1-4H3,(H,18,19). The van der Waals surface area contributed by atoms with Crippen molar-refractivity contribution in [1.82, 2.24) is 9.80 Å². The third-order valence-electron chi connectivity index (χ3n) is 3.75. The summed E-state index contributed by atoms with van der Waals surface area (Å²) in [7, 11) is 4.11. The first-order valence-electron chi connectivity index (χ1n) is 7.23. The van der Waals surface area contributed by atoms with Crippen LogP contribution >= 0.6 is 0 Å². The van der Waals surface area contributed by atoms with Crippen molar-refractivity contribution in [2.24, 2.45) is 10.7 Å². The molecule has 1 aromatic carbocycles. The number of aryl methyl sites for hydroxylation is 1. The van der Waals surface area contributed by atoms with Gasteiger partial charge in [-0.05, 0) is 51.2 Å². The van der Waals surface area contributed by atoms with E-state index >= 15 is 0 Å². The number of aliphatic imine (C=N–C) groups is 1. The maximum absolute atomic E-state index is 6.18. The maximum atomic E-state index is 6.18. The molecule has 3 N–H and O–H groups in total. The highest BCUT2D eigenvalue weighted by molar-refractivity contribution is 5.95. The van der Waals surface area contributed by atoms with Gasteiger partial charge in [0.15, 0.2) is 0 Å². The first kappa shape index (κ1) is 15.5. The zero-order chi connectivity index (χ0) is 15.4. The highest BCUT2D eigenvalue weighted by Crippen LogP contribution is 2.19. The summed E-state index contributed by atoms with van der Waals surface area (Å²) in [6.45, 7) is 5.98. The van der Waals surface area contributed by atoms with Gasteiger partial charge in [-0.25, -0.2) is 4.99 Å². The molecule has 5 heteroatoms. The Morgan fingerprint density at radius 3 is 2.81 bits per heavy atom. The highest BCUT2D eigenvalue weighted by Gasteiger charge is 2.20. The molecule has 1 aromatic rings. The summed E-state index contributed by atoms with van der Waals surface area (Å²) in [5.41, 5.74) is 9.74. The van der Waals surface area contributed by atoms with Crippen molar-refractivity contribution < 1.29 is 0 Å². The molecule has 0 fully saturated rings. The molecule has 0 aliphatic carbocycles. The van der Waals surface area contributed by atoms with Gasteiger partial charge in [-0.15, -0.1) is 0 Å². The number of likely N-dealkylation sites (N-methyl/N-ethyl adjacent to an activating group) is 1. The zero-order valence-corrected chi connectivity index (χ0v) is 13.3. The van der Waals surface area contributed by atoms with Crippen molar-refractivity contribution in [3.05, 3.63) is 41.6 Å². The molecule has 5 nitrogen and oxygen atoms in total. The van der Waals surface area contributed by atoms with Crippen LogP contribution in [0.4, 0.5) is 5.69 Å². The molecule has 2 rings (SSSR count). The van der Waals surface area contributed by atoms with Crippen molar-refractivity contribution in [3.63, 3.8) is 0 Å². The molecule has 0 saturated carbocycles. The predicted octanol–water partition coefficient (Wildman–Crippen LogP) is 1.75. The van der Waals surface area contributed by atoms with Gasteiger partial charge >= 0.3 is 0 Å². The molecule has 1 aliphatic heterocycles. The van der Waals surface area contributed by atoms with Gasteiger partial charge in [0.2, 0.25) is 5.96 Å². The van der Waals surface area contributed by atoms with Crippen LogP contribution in [0, 0.1) is 13.8 Å². The van der Waals surface area contributed by atoms with Crippen molar-refractivity contribution in [2.45, 2.75) is 20.0 Å². The second-order valence-corrected chi connectivity index (χ2v) is 5.65. The Kier molecular flexibility index (Phi) is 4.98. The molecule has 0 aromatic heterocycles. The van der Waals surface area contributed by atoms with Crippen LogP contribution in [0.3, 0.4) is 0 Å². The summed E-state index contributed by atoms with van der Waals surface area (Å²) in [4.78, 5) is 8.68. The topological polar surface area (TPSA) is 56.9 Å². The molecule has 0 saturated heterocycles. The molecule has 1 aliphatic rings. The third-order valence-corrected chi connectivity index (χ3v) is 3.75. The lowest BCUT2D eigenvalue weighted by molar-refractivity contribution is 0.299. The Balaban J connectivity index is 2.17. The SMILES string of the molecule is Cc1cccc(NC2=NC=CC(N)N2CCN(C)C)c1C. The van der Waals surface area contributed by atoms with Crippen LogP contribution in [0.25, 0.3) is 0 Å².